The summed E-state index contributed by atoms with van der Waals surface area (Å²) in [6.45, 7) is 8.77. The van der Waals surface area contributed by atoms with E-state index >= 15 is 0 Å². The van der Waals surface area contributed by atoms with E-state index in [0.717, 1.165) is 11.1 Å². The van der Waals surface area contributed by atoms with Gasteiger partial charge in [0.15, 0.2) is 0 Å². The zero-order valence-electron chi connectivity index (χ0n) is 30.6. The Balaban J connectivity index is 1.23. The number of nitrogens with zero attached hydrogens (tertiary/aromatic N) is 2. The van der Waals surface area contributed by atoms with E-state index in [2.05, 4.69) is 30.7 Å². The number of hydrogen-bond acceptors (Lipinski definition) is 8. The summed E-state index contributed by atoms with van der Waals surface area (Å²) in [5, 5.41) is 11.1. The molecule has 4 atom stereocenters. The van der Waals surface area contributed by atoms with Gasteiger partial charge in [0.1, 0.15) is 12.1 Å². The highest BCUT2D eigenvalue weighted by Crippen LogP contribution is 2.23. The smallest absolute Gasteiger partial charge is 0.407 e. The summed E-state index contributed by atoms with van der Waals surface area (Å²) in [5.74, 6) is -1.80. The average molecular weight is 719 g/mol. The summed E-state index contributed by atoms with van der Waals surface area (Å²) < 4.78 is 9.30. The molecule has 2 saturated heterocycles. The quantitative estimate of drug-likeness (QED) is 0.236. The zero-order chi connectivity index (χ0) is 37.9. The standard InChI is InChI=1S/C38H50N6O8/c1-23(2)31(41-37(49)51-5)35(47)43-19-17-27(21-43)33(45)39-29-13-9-25(10-14-29)7-8-26-11-15-30(16-12-26)40-34(46)28-18-20-44(22-28)36(48)32(24(3)4)42-38(50)52-6/h7-16,23-24,27-28,31-32H,17-22H2,1-6H3,(H,39,45)(H,40,46)(H,41,49)(H,42,50)/b8-7+/t27-,28-,31-,32-/m0/s1. The molecule has 0 aliphatic carbocycles. The molecule has 2 aromatic carbocycles. The molecule has 0 spiro atoms. The maximum atomic E-state index is 13.0. The molecule has 2 aliphatic rings. The zero-order valence-corrected chi connectivity index (χ0v) is 30.6. The third-order valence-electron chi connectivity index (χ3n) is 9.35. The van der Waals surface area contributed by atoms with Crippen molar-refractivity contribution in [2.24, 2.45) is 23.7 Å². The summed E-state index contributed by atoms with van der Waals surface area (Å²) in [6, 6.07) is 13.4. The van der Waals surface area contributed by atoms with Crippen LogP contribution in [0.5, 0.6) is 0 Å². The predicted octanol–water partition coefficient (Wildman–Crippen LogP) is 4.19. The molecule has 0 bridgehead atoms. The second-order valence-electron chi connectivity index (χ2n) is 13.8. The highest BCUT2D eigenvalue weighted by molar-refractivity contribution is 5.95. The maximum absolute atomic E-state index is 13.0. The molecule has 0 aromatic heterocycles. The van der Waals surface area contributed by atoms with Crippen LogP contribution in [0.25, 0.3) is 12.2 Å². The summed E-state index contributed by atoms with van der Waals surface area (Å²) in [5.41, 5.74) is 3.14. The number of anilines is 2. The van der Waals surface area contributed by atoms with Crippen molar-refractivity contribution in [3.05, 3.63) is 59.7 Å². The number of rotatable bonds is 12. The molecule has 2 aromatic rings. The lowest BCUT2D eigenvalue weighted by atomic mass is 10.0. The summed E-state index contributed by atoms with van der Waals surface area (Å²) in [6.07, 6.45) is 3.60. The number of likely N-dealkylation sites (tertiary alicyclic amines) is 2. The molecular weight excluding hydrogens is 668 g/mol. The van der Waals surface area contributed by atoms with E-state index in [1.165, 1.54) is 14.2 Å². The van der Waals surface area contributed by atoms with E-state index in [9.17, 15) is 28.8 Å². The van der Waals surface area contributed by atoms with Crippen molar-refractivity contribution in [1.82, 2.24) is 20.4 Å². The molecule has 0 unspecified atom stereocenters. The number of ether oxygens (including phenoxy) is 2. The van der Waals surface area contributed by atoms with Gasteiger partial charge in [0, 0.05) is 37.6 Å². The van der Waals surface area contributed by atoms with E-state index < -0.39 is 24.3 Å². The lowest BCUT2D eigenvalue weighted by Gasteiger charge is -2.26. The van der Waals surface area contributed by atoms with Gasteiger partial charge < -0.3 is 40.5 Å². The molecule has 4 rings (SSSR count). The first-order valence-electron chi connectivity index (χ1n) is 17.6. The monoisotopic (exact) mass is 718 g/mol. The third kappa shape index (κ3) is 10.6. The Bertz CT molecular complexity index is 1510. The summed E-state index contributed by atoms with van der Waals surface area (Å²) >= 11 is 0. The van der Waals surface area contributed by atoms with Gasteiger partial charge >= 0.3 is 12.2 Å². The van der Waals surface area contributed by atoms with Gasteiger partial charge in [-0.3, -0.25) is 19.2 Å². The minimum absolute atomic E-state index is 0.141. The minimum atomic E-state index is -0.731. The number of nitrogens with one attached hydrogen (secondary N) is 4. The van der Waals surface area contributed by atoms with Gasteiger partial charge in [-0.2, -0.15) is 0 Å². The van der Waals surface area contributed by atoms with Crippen LogP contribution in [-0.2, 0) is 28.7 Å². The van der Waals surface area contributed by atoms with E-state index in [-0.39, 0.29) is 60.4 Å². The molecule has 0 radical (unpaired) electrons. The molecule has 4 N–H and O–H groups in total. The normalized spacial score (nSPS) is 18.2. The van der Waals surface area contributed by atoms with Crippen molar-refractivity contribution >= 4 is 59.3 Å². The van der Waals surface area contributed by atoms with Crippen molar-refractivity contribution in [2.45, 2.75) is 52.6 Å². The Kier molecular flexibility index (Phi) is 13.8. The van der Waals surface area contributed by atoms with E-state index in [0.29, 0.717) is 37.3 Å². The fourth-order valence-electron chi connectivity index (χ4n) is 6.18. The first-order valence-corrected chi connectivity index (χ1v) is 17.6. The second-order valence-corrected chi connectivity index (χ2v) is 13.8. The van der Waals surface area contributed by atoms with Gasteiger partial charge in [0.05, 0.1) is 26.1 Å². The van der Waals surface area contributed by atoms with Gasteiger partial charge in [-0.1, -0.05) is 64.1 Å². The van der Waals surface area contributed by atoms with Crippen molar-refractivity contribution < 1.29 is 38.2 Å². The fourth-order valence-corrected chi connectivity index (χ4v) is 6.18. The largest absolute Gasteiger partial charge is 0.453 e. The predicted molar refractivity (Wildman–Crippen MR) is 197 cm³/mol. The van der Waals surface area contributed by atoms with Crippen LogP contribution in [0.4, 0.5) is 21.0 Å². The van der Waals surface area contributed by atoms with Gasteiger partial charge in [0.2, 0.25) is 23.6 Å². The first kappa shape index (κ1) is 39.4. The number of benzene rings is 2. The molecule has 2 heterocycles. The maximum Gasteiger partial charge on any atom is 0.407 e. The highest BCUT2D eigenvalue weighted by Gasteiger charge is 2.37. The highest BCUT2D eigenvalue weighted by atomic mass is 16.5. The Morgan fingerprint density at radius 1 is 0.615 bits per heavy atom. The molecule has 14 nitrogen and oxygen atoms in total. The van der Waals surface area contributed by atoms with Gasteiger partial charge in [0.25, 0.3) is 0 Å². The lowest BCUT2D eigenvalue weighted by molar-refractivity contribution is -0.134. The molecule has 14 heteroatoms. The van der Waals surface area contributed by atoms with E-state index in [1.54, 1.807) is 9.80 Å². The van der Waals surface area contributed by atoms with Crippen LogP contribution in [0.2, 0.25) is 0 Å². The van der Waals surface area contributed by atoms with Crippen LogP contribution < -0.4 is 21.3 Å². The van der Waals surface area contributed by atoms with Crippen molar-refractivity contribution in [3.63, 3.8) is 0 Å². The summed E-state index contributed by atoms with van der Waals surface area (Å²) in [7, 11) is 2.49. The van der Waals surface area contributed by atoms with Gasteiger partial charge in [-0.15, -0.1) is 0 Å². The molecule has 2 aliphatic heterocycles. The van der Waals surface area contributed by atoms with E-state index in [1.807, 2.05) is 88.4 Å². The number of methoxy groups -OCH3 is 2. The first-order chi connectivity index (χ1) is 24.8. The Morgan fingerprint density at radius 2 is 0.962 bits per heavy atom. The fraction of sp³-hybridized carbons (Fsp3) is 0.474. The van der Waals surface area contributed by atoms with Gasteiger partial charge in [-0.05, 0) is 60.1 Å². The molecule has 280 valence electrons. The SMILES string of the molecule is COC(=O)N[C@H](C(=O)N1CC[C@H](C(=O)Nc2ccc(/C=C/c3ccc(NC(=O)[C@H]4CCN(C(=O)[C@@H](NC(=O)OC)C(C)C)C4)cc3)cc2)C1)C(C)C. The average Bonchev–Trinajstić information content (AvgIpc) is 3.84. The summed E-state index contributed by atoms with van der Waals surface area (Å²) in [4.78, 5) is 78.7. The van der Waals surface area contributed by atoms with Crippen LogP contribution in [0.15, 0.2) is 48.5 Å². The molecule has 6 amide bonds. The molecular formula is C38H50N6O8. The lowest BCUT2D eigenvalue weighted by Crippen LogP contribution is -2.50. The second kappa shape index (κ2) is 18.2. The number of alkyl carbamates (subject to hydrolysis) is 2. The van der Waals surface area contributed by atoms with Crippen molar-refractivity contribution in [1.29, 1.82) is 0 Å². The number of carbonyl (C=O) groups is 6. The van der Waals surface area contributed by atoms with Crippen molar-refractivity contribution in [3.8, 4) is 0 Å². The van der Waals surface area contributed by atoms with Crippen LogP contribution >= 0.6 is 0 Å². The third-order valence-corrected chi connectivity index (χ3v) is 9.35. The molecule has 2 fully saturated rings. The van der Waals surface area contributed by atoms with Crippen LogP contribution in [0, 0.1) is 23.7 Å². The van der Waals surface area contributed by atoms with Crippen LogP contribution in [0.1, 0.15) is 51.7 Å². The van der Waals surface area contributed by atoms with Crippen molar-refractivity contribution in [2.75, 3.05) is 51.0 Å². The van der Waals surface area contributed by atoms with Crippen LogP contribution in [-0.4, -0.2) is 98.1 Å². The Morgan fingerprint density at radius 3 is 1.27 bits per heavy atom. The number of hydrogen-bond donors (Lipinski definition) is 4. The van der Waals surface area contributed by atoms with Gasteiger partial charge in [-0.25, -0.2) is 9.59 Å². The number of amides is 6. The minimum Gasteiger partial charge on any atom is -0.453 e. The molecule has 0 saturated carbocycles. The topological polar surface area (TPSA) is 175 Å². The van der Waals surface area contributed by atoms with E-state index in [4.69, 9.17) is 0 Å². The Labute approximate surface area is 304 Å². The Hall–Kier alpha value is -5.40. The van der Waals surface area contributed by atoms with Crippen LogP contribution in [0.3, 0.4) is 0 Å². The molecule has 52 heavy (non-hydrogen) atoms. The number of carbonyl (C=O) groups excluding carboxylic acids is 6.